The van der Waals surface area contributed by atoms with Crippen molar-refractivity contribution in [2.45, 2.75) is 19.8 Å². The van der Waals surface area contributed by atoms with Gasteiger partial charge in [0.1, 0.15) is 0 Å². The molecule has 0 aliphatic carbocycles. The van der Waals surface area contributed by atoms with Gasteiger partial charge in [-0.15, -0.1) is 0 Å². The van der Waals surface area contributed by atoms with Gasteiger partial charge in [0.05, 0.1) is 5.03 Å². The molecule has 0 saturated carbocycles. The third-order valence-corrected chi connectivity index (χ3v) is 2.46. The largest absolute Gasteiger partial charge is 0.353 e. The molecule has 0 unspecified atom stereocenters. The molecular weight excluding hydrogens is 222 g/mol. The van der Waals surface area contributed by atoms with Gasteiger partial charge in [-0.25, -0.2) is 0 Å². The van der Waals surface area contributed by atoms with Crippen LogP contribution in [-0.4, -0.2) is 12.5 Å². The Kier molecular flexibility index (Phi) is 5.65. The lowest BCUT2D eigenvalue weighted by molar-refractivity contribution is -0.116. The summed E-state index contributed by atoms with van der Waals surface area (Å²) < 4.78 is 0. The number of carbonyl (C=O) groups is 1. The Morgan fingerprint density at radius 1 is 1.38 bits per heavy atom. The molecule has 16 heavy (non-hydrogen) atoms. The number of halogens is 1. The average molecular weight is 238 g/mol. The topological polar surface area (TPSA) is 29.1 Å². The summed E-state index contributed by atoms with van der Waals surface area (Å²) in [7, 11) is 0. The Bertz CT molecular complexity index is 359. The number of amides is 1. The maximum atomic E-state index is 11.4. The minimum Gasteiger partial charge on any atom is -0.353 e. The van der Waals surface area contributed by atoms with E-state index in [4.69, 9.17) is 11.6 Å². The van der Waals surface area contributed by atoms with Crippen LogP contribution in [0, 0.1) is 0 Å². The van der Waals surface area contributed by atoms with E-state index in [1.165, 1.54) is 6.08 Å². The molecule has 86 valence electrons. The van der Waals surface area contributed by atoms with Gasteiger partial charge in [0.2, 0.25) is 5.91 Å². The maximum absolute atomic E-state index is 11.4. The van der Waals surface area contributed by atoms with E-state index >= 15 is 0 Å². The second-order valence-electron chi connectivity index (χ2n) is 3.50. The first-order valence-corrected chi connectivity index (χ1v) is 5.82. The summed E-state index contributed by atoms with van der Waals surface area (Å²) in [5.41, 5.74) is 0.856. The van der Waals surface area contributed by atoms with Crippen LogP contribution >= 0.6 is 11.6 Å². The lowest BCUT2D eigenvalue weighted by atomic mass is 10.2. The highest BCUT2D eigenvalue weighted by Crippen LogP contribution is 2.17. The van der Waals surface area contributed by atoms with Crippen molar-refractivity contribution in [2.75, 3.05) is 6.54 Å². The van der Waals surface area contributed by atoms with Crippen LogP contribution in [0.4, 0.5) is 0 Å². The smallest absolute Gasteiger partial charge is 0.245 e. The van der Waals surface area contributed by atoms with Gasteiger partial charge in [-0.3, -0.25) is 4.79 Å². The third-order valence-electron chi connectivity index (χ3n) is 2.14. The Morgan fingerprint density at radius 2 is 2.06 bits per heavy atom. The second-order valence-corrected chi connectivity index (χ2v) is 3.91. The lowest BCUT2D eigenvalue weighted by Crippen LogP contribution is -2.22. The van der Waals surface area contributed by atoms with E-state index in [-0.39, 0.29) is 5.91 Å². The first-order chi connectivity index (χ1) is 7.74. The first kappa shape index (κ1) is 12.8. The number of benzene rings is 1. The van der Waals surface area contributed by atoms with Crippen molar-refractivity contribution in [1.29, 1.82) is 0 Å². The number of nitrogens with one attached hydrogen (secondary N) is 1. The number of hydrogen-bond acceptors (Lipinski definition) is 1. The van der Waals surface area contributed by atoms with E-state index in [0.29, 0.717) is 11.6 Å². The number of unbranched alkanes of at least 4 members (excludes halogenated alkanes) is 1. The van der Waals surface area contributed by atoms with E-state index < -0.39 is 0 Å². The van der Waals surface area contributed by atoms with Crippen LogP contribution in [0.3, 0.4) is 0 Å². The number of hydrogen-bond donors (Lipinski definition) is 1. The highest BCUT2D eigenvalue weighted by Gasteiger charge is 2.00. The fourth-order valence-corrected chi connectivity index (χ4v) is 1.46. The van der Waals surface area contributed by atoms with E-state index in [2.05, 4.69) is 12.2 Å². The molecular formula is C13H16ClNO. The monoisotopic (exact) mass is 237 g/mol. The summed E-state index contributed by atoms with van der Waals surface area (Å²) in [6.07, 6.45) is 3.48. The summed E-state index contributed by atoms with van der Waals surface area (Å²) in [6.45, 7) is 2.78. The summed E-state index contributed by atoms with van der Waals surface area (Å²) in [4.78, 5) is 11.4. The SMILES string of the molecule is CCCCNC(=O)/C=C(\Cl)c1ccccc1. The lowest BCUT2D eigenvalue weighted by Gasteiger charge is -2.01. The van der Waals surface area contributed by atoms with Crippen molar-refractivity contribution < 1.29 is 4.79 Å². The molecule has 1 rings (SSSR count). The van der Waals surface area contributed by atoms with Crippen LogP contribution < -0.4 is 5.32 Å². The average Bonchev–Trinajstić information content (AvgIpc) is 2.30. The van der Waals surface area contributed by atoms with Crippen molar-refractivity contribution in [3.63, 3.8) is 0 Å². The fourth-order valence-electron chi connectivity index (χ4n) is 1.24. The molecule has 1 amide bonds. The van der Waals surface area contributed by atoms with E-state index in [1.54, 1.807) is 0 Å². The van der Waals surface area contributed by atoms with Crippen LogP contribution in [0.2, 0.25) is 0 Å². The molecule has 0 radical (unpaired) electrons. The quantitative estimate of drug-likeness (QED) is 0.619. The zero-order chi connectivity index (χ0) is 11.8. The summed E-state index contributed by atoms with van der Waals surface area (Å²) >= 11 is 6.01. The Hall–Kier alpha value is -1.28. The Morgan fingerprint density at radius 3 is 2.69 bits per heavy atom. The Balaban J connectivity index is 2.53. The number of rotatable bonds is 5. The molecule has 0 heterocycles. The van der Waals surface area contributed by atoms with E-state index in [1.807, 2.05) is 30.3 Å². The van der Waals surface area contributed by atoms with Gasteiger partial charge in [-0.05, 0) is 12.0 Å². The molecule has 0 spiro atoms. The molecule has 0 aliphatic rings. The van der Waals surface area contributed by atoms with Crippen molar-refractivity contribution in [3.05, 3.63) is 42.0 Å². The Labute approximate surface area is 101 Å². The zero-order valence-electron chi connectivity index (χ0n) is 9.37. The minimum absolute atomic E-state index is 0.137. The normalized spacial score (nSPS) is 11.2. The van der Waals surface area contributed by atoms with Crippen LogP contribution in [0.15, 0.2) is 36.4 Å². The molecule has 0 aromatic heterocycles. The molecule has 1 aromatic carbocycles. The molecule has 1 N–H and O–H groups in total. The van der Waals surface area contributed by atoms with Gasteiger partial charge >= 0.3 is 0 Å². The van der Waals surface area contributed by atoms with Gasteiger partial charge in [0.15, 0.2) is 0 Å². The molecule has 0 atom stereocenters. The molecule has 1 aromatic rings. The van der Waals surface area contributed by atoms with Crippen molar-refractivity contribution in [2.24, 2.45) is 0 Å². The van der Waals surface area contributed by atoms with Crippen molar-refractivity contribution in [3.8, 4) is 0 Å². The first-order valence-electron chi connectivity index (χ1n) is 5.44. The van der Waals surface area contributed by atoms with Crippen LogP contribution in [-0.2, 0) is 4.79 Å². The maximum Gasteiger partial charge on any atom is 0.245 e. The predicted molar refractivity (Wildman–Crippen MR) is 68.2 cm³/mol. The van der Waals surface area contributed by atoms with E-state index in [0.717, 1.165) is 18.4 Å². The molecule has 0 saturated heterocycles. The summed E-state index contributed by atoms with van der Waals surface area (Å²) in [5.74, 6) is -0.137. The standard InChI is InChI=1S/C13H16ClNO/c1-2-3-9-15-13(16)10-12(14)11-7-5-4-6-8-11/h4-8,10H,2-3,9H2,1H3,(H,15,16)/b12-10-. The molecule has 2 nitrogen and oxygen atoms in total. The van der Waals surface area contributed by atoms with Gasteiger partial charge in [0.25, 0.3) is 0 Å². The van der Waals surface area contributed by atoms with Crippen molar-refractivity contribution in [1.82, 2.24) is 5.32 Å². The van der Waals surface area contributed by atoms with Gasteiger partial charge in [-0.1, -0.05) is 55.3 Å². The highest BCUT2D eigenvalue weighted by atomic mass is 35.5. The fraction of sp³-hybridized carbons (Fsp3) is 0.308. The molecule has 0 fully saturated rings. The van der Waals surface area contributed by atoms with Gasteiger partial charge < -0.3 is 5.32 Å². The summed E-state index contributed by atoms with van der Waals surface area (Å²) in [5, 5.41) is 3.25. The van der Waals surface area contributed by atoms with Gasteiger partial charge in [0, 0.05) is 12.6 Å². The summed E-state index contributed by atoms with van der Waals surface area (Å²) in [6, 6.07) is 9.44. The van der Waals surface area contributed by atoms with E-state index in [9.17, 15) is 4.79 Å². The van der Waals surface area contributed by atoms with Gasteiger partial charge in [-0.2, -0.15) is 0 Å². The van der Waals surface area contributed by atoms with Crippen LogP contribution in [0.5, 0.6) is 0 Å². The second kappa shape index (κ2) is 7.07. The van der Waals surface area contributed by atoms with Crippen LogP contribution in [0.25, 0.3) is 5.03 Å². The predicted octanol–water partition coefficient (Wildman–Crippen LogP) is 3.18. The third kappa shape index (κ3) is 4.49. The molecule has 0 bridgehead atoms. The molecule has 3 heteroatoms. The van der Waals surface area contributed by atoms with Crippen molar-refractivity contribution >= 4 is 22.5 Å². The molecule has 0 aliphatic heterocycles. The van der Waals surface area contributed by atoms with Crippen LogP contribution in [0.1, 0.15) is 25.3 Å². The highest BCUT2D eigenvalue weighted by molar-refractivity contribution is 6.50. The zero-order valence-corrected chi connectivity index (χ0v) is 10.1. The minimum atomic E-state index is -0.137. The number of carbonyl (C=O) groups excluding carboxylic acids is 1.